The molecule has 0 aromatic heterocycles. The lowest BCUT2D eigenvalue weighted by molar-refractivity contribution is -0.260. The van der Waals surface area contributed by atoms with Crippen molar-refractivity contribution in [2.45, 2.75) is 24.6 Å². The first-order valence-electron chi connectivity index (χ1n) is 8.44. The molecule has 7 heteroatoms. The Bertz CT molecular complexity index is 762. The molecule has 0 aliphatic carbocycles. The molecule has 4 unspecified atom stereocenters. The molecule has 4 atom stereocenters. The van der Waals surface area contributed by atoms with Crippen molar-refractivity contribution in [2.24, 2.45) is 0 Å². The fourth-order valence-electron chi connectivity index (χ4n) is 2.76. The van der Waals surface area contributed by atoms with E-state index in [0.29, 0.717) is 11.1 Å². The van der Waals surface area contributed by atoms with Crippen LogP contribution in [0.4, 0.5) is 0 Å². The molecule has 2 aromatic rings. The highest BCUT2D eigenvalue weighted by Crippen LogP contribution is 2.24. The van der Waals surface area contributed by atoms with E-state index in [1.54, 1.807) is 60.7 Å². The number of aliphatic hydroxyl groups is 1. The molecule has 0 radical (unpaired) electrons. The molecule has 1 fully saturated rings. The van der Waals surface area contributed by atoms with Crippen molar-refractivity contribution in [1.82, 2.24) is 0 Å². The maximum atomic E-state index is 12.4. The molecule has 1 N–H and O–H groups in total. The predicted molar refractivity (Wildman–Crippen MR) is 94.0 cm³/mol. The average molecular weight is 372 g/mol. The molecule has 0 bridgehead atoms. The zero-order chi connectivity index (χ0) is 19.2. The molecule has 1 saturated heterocycles. The van der Waals surface area contributed by atoms with Crippen LogP contribution in [0.25, 0.3) is 0 Å². The summed E-state index contributed by atoms with van der Waals surface area (Å²) in [5, 5.41) is 10.3. The van der Waals surface area contributed by atoms with Gasteiger partial charge in [-0.1, -0.05) is 36.4 Å². The largest absolute Gasteiger partial charge is 0.452 e. The Hall–Kier alpha value is -2.74. The Kier molecular flexibility index (Phi) is 6.18. The van der Waals surface area contributed by atoms with Gasteiger partial charge in [0.15, 0.2) is 18.5 Å². The number of hydrogen-bond donors (Lipinski definition) is 1. The van der Waals surface area contributed by atoms with Crippen molar-refractivity contribution < 1.29 is 33.6 Å². The lowest BCUT2D eigenvalue weighted by Gasteiger charge is -2.38. The first-order chi connectivity index (χ1) is 13.1. The molecule has 2 aromatic carbocycles. The van der Waals surface area contributed by atoms with Gasteiger partial charge in [0.25, 0.3) is 0 Å². The van der Waals surface area contributed by atoms with Gasteiger partial charge in [-0.05, 0) is 24.3 Å². The van der Waals surface area contributed by atoms with E-state index >= 15 is 0 Å². The van der Waals surface area contributed by atoms with Crippen LogP contribution in [-0.2, 0) is 18.9 Å². The van der Waals surface area contributed by atoms with Gasteiger partial charge in [-0.3, -0.25) is 0 Å². The van der Waals surface area contributed by atoms with Gasteiger partial charge >= 0.3 is 11.9 Å². The van der Waals surface area contributed by atoms with Gasteiger partial charge in [0, 0.05) is 7.11 Å². The molecule has 1 aliphatic rings. The van der Waals surface area contributed by atoms with Crippen LogP contribution in [-0.4, -0.2) is 55.4 Å². The van der Waals surface area contributed by atoms with Gasteiger partial charge in [-0.15, -0.1) is 0 Å². The van der Waals surface area contributed by atoms with Crippen LogP contribution in [0, 0.1) is 0 Å². The van der Waals surface area contributed by atoms with E-state index < -0.39 is 36.5 Å². The summed E-state index contributed by atoms with van der Waals surface area (Å²) in [6.45, 7) is -0.120. The molecular formula is C20H20O7. The summed E-state index contributed by atoms with van der Waals surface area (Å²) >= 11 is 0. The molecule has 0 amide bonds. The van der Waals surface area contributed by atoms with Crippen molar-refractivity contribution in [3.63, 3.8) is 0 Å². The summed E-state index contributed by atoms with van der Waals surface area (Å²) in [4.78, 5) is 24.8. The van der Waals surface area contributed by atoms with Crippen molar-refractivity contribution in [2.75, 3.05) is 13.7 Å². The normalized spacial score (nSPS) is 24.8. The SMILES string of the molecule is COC1OCC(O)C(OC(=O)c2ccccc2)C1OC(=O)c1ccccc1. The second-order valence-corrected chi connectivity index (χ2v) is 5.98. The summed E-state index contributed by atoms with van der Waals surface area (Å²) in [6.07, 6.45) is -4.41. The quantitative estimate of drug-likeness (QED) is 0.800. The highest BCUT2D eigenvalue weighted by molar-refractivity contribution is 5.90. The summed E-state index contributed by atoms with van der Waals surface area (Å²) in [5.41, 5.74) is 0.638. The van der Waals surface area contributed by atoms with Crippen molar-refractivity contribution in [3.8, 4) is 0 Å². The van der Waals surface area contributed by atoms with Crippen molar-refractivity contribution in [1.29, 1.82) is 0 Å². The van der Waals surface area contributed by atoms with Gasteiger partial charge in [0.2, 0.25) is 0 Å². The van der Waals surface area contributed by atoms with E-state index in [0.717, 1.165) is 0 Å². The second-order valence-electron chi connectivity index (χ2n) is 5.98. The van der Waals surface area contributed by atoms with Crippen LogP contribution in [0.15, 0.2) is 60.7 Å². The van der Waals surface area contributed by atoms with E-state index in [4.69, 9.17) is 18.9 Å². The maximum absolute atomic E-state index is 12.4. The second kappa shape index (κ2) is 8.77. The molecule has 1 heterocycles. The lowest BCUT2D eigenvalue weighted by atomic mass is 10.0. The molecule has 3 rings (SSSR count). The fourth-order valence-corrected chi connectivity index (χ4v) is 2.76. The van der Waals surface area contributed by atoms with Crippen LogP contribution >= 0.6 is 0 Å². The number of ether oxygens (including phenoxy) is 4. The van der Waals surface area contributed by atoms with Crippen molar-refractivity contribution in [3.05, 3.63) is 71.8 Å². The molecule has 142 valence electrons. The molecule has 1 aliphatic heterocycles. The van der Waals surface area contributed by atoms with Gasteiger partial charge in [-0.2, -0.15) is 0 Å². The predicted octanol–water partition coefficient (Wildman–Crippen LogP) is 1.80. The molecule has 7 nitrogen and oxygen atoms in total. The van der Waals surface area contributed by atoms with E-state index in [-0.39, 0.29) is 6.61 Å². The van der Waals surface area contributed by atoms with Gasteiger partial charge < -0.3 is 24.1 Å². The van der Waals surface area contributed by atoms with E-state index in [2.05, 4.69) is 0 Å². The minimum Gasteiger partial charge on any atom is -0.452 e. The maximum Gasteiger partial charge on any atom is 0.338 e. The Morgan fingerprint density at radius 3 is 1.85 bits per heavy atom. The monoisotopic (exact) mass is 372 g/mol. The Labute approximate surface area is 156 Å². The fraction of sp³-hybridized carbons (Fsp3) is 0.300. The van der Waals surface area contributed by atoms with E-state index in [9.17, 15) is 14.7 Å². The Morgan fingerprint density at radius 2 is 1.37 bits per heavy atom. The van der Waals surface area contributed by atoms with Crippen LogP contribution in [0.5, 0.6) is 0 Å². The van der Waals surface area contributed by atoms with E-state index in [1.165, 1.54) is 7.11 Å². The summed E-state index contributed by atoms with van der Waals surface area (Å²) in [5.74, 6) is -1.28. The Balaban J connectivity index is 1.79. The average Bonchev–Trinajstić information content (AvgIpc) is 2.72. The van der Waals surface area contributed by atoms with E-state index in [1.807, 2.05) is 0 Å². The van der Waals surface area contributed by atoms with Crippen LogP contribution < -0.4 is 0 Å². The zero-order valence-electron chi connectivity index (χ0n) is 14.7. The highest BCUT2D eigenvalue weighted by Gasteiger charge is 2.45. The molecular weight excluding hydrogens is 352 g/mol. The van der Waals surface area contributed by atoms with Crippen molar-refractivity contribution >= 4 is 11.9 Å². The van der Waals surface area contributed by atoms with Gasteiger partial charge in [0.1, 0.15) is 6.10 Å². The smallest absolute Gasteiger partial charge is 0.338 e. The number of rotatable bonds is 5. The summed E-state index contributed by atoms with van der Waals surface area (Å²) in [7, 11) is 1.38. The third-order valence-electron chi connectivity index (χ3n) is 4.14. The van der Waals surface area contributed by atoms with Crippen LogP contribution in [0.2, 0.25) is 0 Å². The summed E-state index contributed by atoms with van der Waals surface area (Å²) < 4.78 is 21.5. The first kappa shape index (κ1) is 19.0. The van der Waals surface area contributed by atoms with Crippen LogP contribution in [0.3, 0.4) is 0 Å². The number of benzene rings is 2. The third-order valence-corrected chi connectivity index (χ3v) is 4.14. The standard InChI is InChI=1S/C20H20O7/c1-24-20-17(27-19(23)14-10-6-3-7-11-14)16(15(21)12-25-20)26-18(22)13-8-4-2-5-9-13/h2-11,15-17,20-21H,12H2,1H3. The van der Waals surface area contributed by atoms with Gasteiger partial charge in [0.05, 0.1) is 17.7 Å². The number of carbonyl (C=O) groups excluding carboxylic acids is 2. The lowest BCUT2D eigenvalue weighted by Crippen LogP contribution is -2.57. The highest BCUT2D eigenvalue weighted by atomic mass is 16.7. The minimum absolute atomic E-state index is 0.120. The number of hydrogen-bond acceptors (Lipinski definition) is 7. The summed E-state index contributed by atoms with van der Waals surface area (Å²) in [6, 6.07) is 16.7. The molecule has 0 saturated carbocycles. The topological polar surface area (TPSA) is 91.3 Å². The number of aliphatic hydroxyl groups excluding tert-OH is 1. The molecule has 27 heavy (non-hydrogen) atoms. The number of esters is 2. The molecule has 0 spiro atoms. The third kappa shape index (κ3) is 4.51. The number of methoxy groups -OCH3 is 1. The van der Waals surface area contributed by atoms with Gasteiger partial charge in [-0.25, -0.2) is 9.59 Å². The Morgan fingerprint density at radius 1 is 0.889 bits per heavy atom. The minimum atomic E-state index is -1.17. The zero-order valence-corrected chi connectivity index (χ0v) is 14.7. The number of carbonyl (C=O) groups is 2. The van der Waals surface area contributed by atoms with Crippen LogP contribution in [0.1, 0.15) is 20.7 Å². The first-order valence-corrected chi connectivity index (χ1v) is 8.44.